The van der Waals surface area contributed by atoms with Crippen LogP contribution >= 0.6 is 0 Å². The maximum Gasteiger partial charge on any atom is 0.433 e. The first-order valence-corrected chi connectivity index (χ1v) is 6.63. The summed E-state index contributed by atoms with van der Waals surface area (Å²) in [6, 6.07) is 10.5. The Labute approximate surface area is 130 Å². The van der Waals surface area contributed by atoms with Crippen LogP contribution < -0.4 is 5.32 Å². The van der Waals surface area contributed by atoms with Crippen LogP contribution in [-0.2, 0) is 12.7 Å². The highest BCUT2D eigenvalue weighted by Gasteiger charge is 2.33. The molecule has 2 aromatic rings. The number of amides is 1. The van der Waals surface area contributed by atoms with Crippen LogP contribution in [0.15, 0.2) is 36.4 Å². The number of pyridine rings is 1. The van der Waals surface area contributed by atoms with E-state index in [0.29, 0.717) is 5.56 Å². The van der Waals surface area contributed by atoms with Gasteiger partial charge in [-0.2, -0.15) is 18.4 Å². The van der Waals surface area contributed by atoms with Crippen molar-refractivity contribution < 1.29 is 18.0 Å². The highest BCUT2D eigenvalue weighted by atomic mass is 19.4. The minimum Gasteiger partial charge on any atom is -0.348 e. The van der Waals surface area contributed by atoms with Gasteiger partial charge in [-0.05, 0) is 36.8 Å². The predicted molar refractivity (Wildman–Crippen MR) is 76.3 cm³/mol. The molecule has 4 nitrogen and oxygen atoms in total. The van der Waals surface area contributed by atoms with Crippen LogP contribution in [0.25, 0.3) is 0 Å². The van der Waals surface area contributed by atoms with Crippen molar-refractivity contribution in [3.05, 3.63) is 64.5 Å². The third-order valence-electron chi connectivity index (χ3n) is 3.13. The molecule has 2 rings (SSSR count). The molecule has 23 heavy (non-hydrogen) atoms. The first-order valence-electron chi connectivity index (χ1n) is 6.63. The van der Waals surface area contributed by atoms with Crippen molar-refractivity contribution in [2.45, 2.75) is 19.6 Å². The zero-order chi connectivity index (χ0) is 17.0. The molecular formula is C16H12F3N3O. The Morgan fingerprint density at radius 3 is 2.65 bits per heavy atom. The van der Waals surface area contributed by atoms with Crippen molar-refractivity contribution in [3.63, 3.8) is 0 Å². The molecule has 0 radical (unpaired) electrons. The molecule has 0 saturated carbocycles. The fourth-order valence-electron chi connectivity index (χ4n) is 1.99. The fourth-order valence-corrected chi connectivity index (χ4v) is 1.99. The van der Waals surface area contributed by atoms with Gasteiger partial charge < -0.3 is 5.32 Å². The number of benzene rings is 1. The van der Waals surface area contributed by atoms with Gasteiger partial charge in [-0.25, -0.2) is 4.98 Å². The number of alkyl halides is 3. The Bertz CT molecular complexity index is 779. The molecule has 0 fully saturated rings. The summed E-state index contributed by atoms with van der Waals surface area (Å²) in [5, 5.41) is 11.4. The molecule has 0 aliphatic heterocycles. The van der Waals surface area contributed by atoms with Crippen molar-refractivity contribution in [2.75, 3.05) is 0 Å². The molecule has 0 spiro atoms. The van der Waals surface area contributed by atoms with Crippen LogP contribution in [0, 0.1) is 18.3 Å². The van der Waals surface area contributed by atoms with Crippen LogP contribution in [0.2, 0.25) is 0 Å². The lowest BCUT2D eigenvalue weighted by Gasteiger charge is -2.10. The maximum absolute atomic E-state index is 12.6. The molecule has 0 aliphatic rings. The van der Waals surface area contributed by atoms with Gasteiger partial charge in [-0.3, -0.25) is 4.79 Å². The van der Waals surface area contributed by atoms with E-state index in [-0.39, 0.29) is 17.8 Å². The van der Waals surface area contributed by atoms with Crippen LogP contribution in [0.5, 0.6) is 0 Å². The third-order valence-corrected chi connectivity index (χ3v) is 3.13. The highest BCUT2D eigenvalue weighted by molar-refractivity contribution is 5.95. The lowest BCUT2D eigenvalue weighted by Crippen LogP contribution is -2.24. The van der Waals surface area contributed by atoms with E-state index >= 15 is 0 Å². The zero-order valence-electron chi connectivity index (χ0n) is 12.1. The minimum atomic E-state index is -4.54. The number of hydrogen-bond acceptors (Lipinski definition) is 3. The molecule has 1 amide bonds. The molecule has 118 valence electrons. The van der Waals surface area contributed by atoms with E-state index < -0.39 is 17.8 Å². The highest BCUT2D eigenvalue weighted by Crippen LogP contribution is 2.28. The summed E-state index contributed by atoms with van der Waals surface area (Å²) in [7, 11) is 0. The molecule has 1 aromatic heterocycles. The standard InChI is InChI=1S/C16H12F3N3O/c1-10-13(5-6-14(22-10)16(17,18)19)15(23)21-9-12-4-2-3-11(7-12)8-20/h2-7H,9H2,1H3,(H,21,23). The average molecular weight is 319 g/mol. The Balaban J connectivity index is 2.10. The first kappa shape index (κ1) is 16.5. The fraction of sp³-hybridized carbons (Fsp3) is 0.188. The summed E-state index contributed by atoms with van der Waals surface area (Å²) in [6.45, 7) is 1.51. The molecule has 0 bridgehead atoms. The Morgan fingerprint density at radius 2 is 2.04 bits per heavy atom. The molecule has 0 atom stereocenters. The number of carbonyl (C=O) groups excluding carboxylic acids is 1. The molecule has 1 aromatic carbocycles. The molecule has 0 aliphatic carbocycles. The van der Waals surface area contributed by atoms with E-state index in [2.05, 4.69) is 10.3 Å². The molecule has 1 heterocycles. The maximum atomic E-state index is 12.6. The van der Waals surface area contributed by atoms with Gasteiger partial charge >= 0.3 is 6.18 Å². The van der Waals surface area contributed by atoms with Crippen LogP contribution in [0.1, 0.15) is 32.9 Å². The summed E-state index contributed by atoms with van der Waals surface area (Å²) < 4.78 is 37.7. The van der Waals surface area contributed by atoms with Gasteiger partial charge in [0.25, 0.3) is 5.91 Å². The number of nitrogens with zero attached hydrogens (tertiary/aromatic N) is 2. The summed E-state index contributed by atoms with van der Waals surface area (Å²) >= 11 is 0. The molecule has 7 heteroatoms. The lowest BCUT2D eigenvalue weighted by atomic mass is 10.1. The van der Waals surface area contributed by atoms with Crippen LogP contribution in [0.4, 0.5) is 13.2 Å². The first-order chi connectivity index (χ1) is 10.8. The van der Waals surface area contributed by atoms with E-state index in [1.54, 1.807) is 24.3 Å². The monoisotopic (exact) mass is 319 g/mol. The van der Waals surface area contributed by atoms with E-state index in [1.165, 1.54) is 6.92 Å². The van der Waals surface area contributed by atoms with Gasteiger partial charge in [-0.15, -0.1) is 0 Å². The van der Waals surface area contributed by atoms with Crippen molar-refractivity contribution in [1.29, 1.82) is 5.26 Å². The van der Waals surface area contributed by atoms with Gasteiger partial charge in [0.05, 0.1) is 22.9 Å². The average Bonchev–Trinajstić information content (AvgIpc) is 2.51. The van der Waals surface area contributed by atoms with Crippen molar-refractivity contribution in [3.8, 4) is 6.07 Å². The summed E-state index contributed by atoms with van der Waals surface area (Å²) in [6.07, 6.45) is -4.54. The second kappa shape index (κ2) is 6.48. The van der Waals surface area contributed by atoms with Crippen LogP contribution in [-0.4, -0.2) is 10.9 Å². The molecular weight excluding hydrogens is 307 g/mol. The number of rotatable bonds is 3. The van der Waals surface area contributed by atoms with E-state index in [1.807, 2.05) is 6.07 Å². The number of nitrogens with one attached hydrogen (secondary N) is 1. The largest absolute Gasteiger partial charge is 0.433 e. The third kappa shape index (κ3) is 4.07. The minimum absolute atomic E-state index is 0.00287. The van der Waals surface area contributed by atoms with Gasteiger partial charge in [0, 0.05) is 6.54 Å². The van der Waals surface area contributed by atoms with Gasteiger partial charge in [0.1, 0.15) is 5.69 Å². The number of aromatic nitrogens is 1. The topological polar surface area (TPSA) is 65.8 Å². The number of nitriles is 1. The normalized spacial score (nSPS) is 10.9. The Kier molecular flexibility index (Phi) is 4.65. The number of aryl methyl sites for hydroxylation is 1. The smallest absolute Gasteiger partial charge is 0.348 e. The second-order valence-corrected chi connectivity index (χ2v) is 4.82. The Hall–Kier alpha value is -2.88. The molecule has 1 N–H and O–H groups in total. The lowest BCUT2D eigenvalue weighted by molar-refractivity contribution is -0.141. The number of hydrogen-bond donors (Lipinski definition) is 1. The summed E-state index contributed by atoms with van der Waals surface area (Å²) in [4.78, 5) is 15.5. The van der Waals surface area contributed by atoms with E-state index in [0.717, 1.165) is 17.7 Å². The SMILES string of the molecule is Cc1nc(C(F)(F)F)ccc1C(=O)NCc1cccc(C#N)c1. The quantitative estimate of drug-likeness (QED) is 0.944. The van der Waals surface area contributed by atoms with E-state index in [9.17, 15) is 18.0 Å². The zero-order valence-corrected chi connectivity index (χ0v) is 12.1. The molecule has 0 saturated heterocycles. The predicted octanol–water partition coefficient (Wildman–Crippen LogP) is 3.21. The van der Waals surface area contributed by atoms with Gasteiger partial charge in [0.2, 0.25) is 0 Å². The van der Waals surface area contributed by atoms with Gasteiger partial charge in [-0.1, -0.05) is 12.1 Å². The Morgan fingerprint density at radius 1 is 1.30 bits per heavy atom. The number of carbonyl (C=O) groups is 1. The molecule has 0 unspecified atom stereocenters. The second-order valence-electron chi connectivity index (χ2n) is 4.82. The van der Waals surface area contributed by atoms with Gasteiger partial charge in [0.15, 0.2) is 0 Å². The summed E-state index contributed by atoms with van der Waals surface area (Å²) in [5.41, 5.74) is 0.227. The van der Waals surface area contributed by atoms with Crippen molar-refractivity contribution in [2.24, 2.45) is 0 Å². The van der Waals surface area contributed by atoms with Crippen molar-refractivity contribution >= 4 is 5.91 Å². The van der Waals surface area contributed by atoms with Crippen LogP contribution in [0.3, 0.4) is 0 Å². The summed E-state index contributed by atoms with van der Waals surface area (Å²) in [5.74, 6) is -0.522. The van der Waals surface area contributed by atoms with Crippen molar-refractivity contribution in [1.82, 2.24) is 10.3 Å². The van der Waals surface area contributed by atoms with E-state index in [4.69, 9.17) is 5.26 Å². The number of halogens is 3.